The van der Waals surface area contributed by atoms with Crippen LogP contribution in [0.2, 0.25) is 0 Å². The Bertz CT molecular complexity index is 1120. The number of carbonyl (C=O) groups is 1. The van der Waals surface area contributed by atoms with Gasteiger partial charge in [0.05, 0.1) is 17.1 Å². The second-order valence-electron chi connectivity index (χ2n) is 8.28. The molecule has 1 amide bonds. The van der Waals surface area contributed by atoms with E-state index in [0.29, 0.717) is 13.1 Å². The Hall–Kier alpha value is -2.82. The number of amides is 1. The molecule has 180 valence electrons. The number of aliphatic imine (C=N–C) groups is 1. The number of halogens is 3. The lowest BCUT2D eigenvalue weighted by Gasteiger charge is -2.38. The van der Waals surface area contributed by atoms with Gasteiger partial charge in [-0.05, 0) is 54.4 Å². The Labute approximate surface area is 200 Å². The fourth-order valence-corrected chi connectivity index (χ4v) is 5.01. The SMILES string of the molecule is Cc1cccc(C)c1N1CCN(CN(O)C2=NC(=O)/C(=C/c3ccccc3C(F)(F)F)S2)CC1. The van der Waals surface area contributed by atoms with Gasteiger partial charge in [0, 0.05) is 31.9 Å². The quantitative estimate of drug-likeness (QED) is 0.493. The van der Waals surface area contributed by atoms with Gasteiger partial charge in [0.1, 0.15) is 0 Å². The van der Waals surface area contributed by atoms with Crippen molar-refractivity contribution in [2.75, 3.05) is 37.7 Å². The topological polar surface area (TPSA) is 59.4 Å². The molecule has 0 aromatic heterocycles. The van der Waals surface area contributed by atoms with Gasteiger partial charge in [-0.1, -0.05) is 36.4 Å². The summed E-state index contributed by atoms with van der Waals surface area (Å²) >= 11 is 0.864. The number of nitrogens with zero attached hydrogens (tertiary/aromatic N) is 4. The van der Waals surface area contributed by atoms with Gasteiger partial charge in [-0.15, -0.1) is 0 Å². The number of aryl methyl sites for hydroxylation is 2. The fraction of sp³-hybridized carbons (Fsp3) is 0.333. The number of para-hydroxylation sites is 1. The van der Waals surface area contributed by atoms with Crippen molar-refractivity contribution < 1.29 is 23.2 Å². The van der Waals surface area contributed by atoms with E-state index in [4.69, 9.17) is 0 Å². The zero-order valence-electron chi connectivity index (χ0n) is 18.8. The number of thioether (sulfide) groups is 1. The Morgan fingerprint density at radius 1 is 1.06 bits per heavy atom. The van der Waals surface area contributed by atoms with Crippen LogP contribution in [-0.4, -0.2) is 59.1 Å². The minimum Gasteiger partial charge on any atom is -0.369 e. The van der Waals surface area contributed by atoms with Crippen molar-refractivity contribution in [1.82, 2.24) is 9.96 Å². The third-order valence-electron chi connectivity index (χ3n) is 5.84. The first-order valence-electron chi connectivity index (χ1n) is 10.8. The molecule has 1 saturated heterocycles. The van der Waals surface area contributed by atoms with Crippen LogP contribution in [0, 0.1) is 13.8 Å². The molecule has 10 heteroatoms. The Kier molecular flexibility index (Phi) is 7.01. The second-order valence-corrected chi connectivity index (χ2v) is 9.29. The lowest BCUT2D eigenvalue weighted by atomic mass is 10.1. The third-order valence-corrected chi connectivity index (χ3v) is 6.84. The molecule has 2 aromatic rings. The molecule has 34 heavy (non-hydrogen) atoms. The normalized spacial score (nSPS) is 18.5. The van der Waals surface area contributed by atoms with E-state index in [-0.39, 0.29) is 22.3 Å². The van der Waals surface area contributed by atoms with E-state index in [9.17, 15) is 23.2 Å². The number of hydroxylamine groups is 2. The number of hydrogen-bond acceptors (Lipinski definition) is 6. The highest BCUT2D eigenvalue weighted by molar-refractivity contribution is 8.18. The van der Waals surface area contributed by atoms with E-state index in [1.165, 1.54) is 41.1 Å². The van der Waals surface area contributed by atoms with Gasteiger partial charge in [-0.3, -0.25) is 14.9 Å². The summed E-state index contributed by atoms with van der Waals surface area (Å²) in [6, 6.07) is 11.3. The molecule has 2 aliphatic rings. The first-order chi connectivity index (χ1) is 16.1. The van der Waals surface area contributed by atoms with Gasteiger partial charge < -0.3 is 4.90 Å². The van der Waals surface area contributed by atoms with Crippen LogP contribution in [0.4, 0.5) is 18.9 Å². The second kappa shape index (κ2) is 9.81. The predicted octanol–water partition coefficient (Wildman–Crippen LogP) is 4.76. The van der Waals surface area contributed by atoms with Gasteiger partial charge >= 0.3 is 6.18 Å². The van der Waals surface area contributed by atoms with Crippen LogP contribution in [0.15, 0.2) is 52.4 Å². The molecule has 6 nitrogen and oxygen atoms in total. The minimum atomic E-state index is -4.54. The van der Waals surface area contributed by atoms with Crippen LogP contribution in [-0.2, 0) is 11.0 Å². The van der Waals surface area contributed by atoms with Crippen LogP contribution in [0.5, 0.6) is 0 Å². The summed E-state index contributed by atoms with van der Waals surface area (Å²) < 4.78 is 39.8. The summed E-state index contributed by atoms with van der Waals surface area (Å²) in [4.78, 5) is 20.5. The summed E-state index contributed by atoms with van der Waals surface area (Å²) in [6.45, 7) is 7.32. The summed E-state index contributed by atoms with van der Waals surface area (Å²) in [7, 11) is 0. The maximum Gasteiger partial charge on any atom is 0.416 e. The molecule has 2 aromatic carbocycles. The van der Waals surface area contributed by atoms with Gasteiger partial charge in [0.15, 0.2) is 5.17 Å². The zero-order chi connectivity index (χ0) is 24.5. The number of carbonyl (C=O) groups excluding carboxylic acids is 1. The molecule has 0 aliphatic carbocycles. The smallest absolute Gasteiger partial charge is 0.369 e. The maximum atomic E-state index is 13.3. The Morgan fingerprint density at radius 3 is 2.35 bits per heavy atom. The molecule has 2 heterocycles. The Morgan fingerprint density at radius 2 is 1.71 bits per heavy atom. The maximum absolute atomic E-state index is 13.3. The van der Waals surface area contributed by atoms with E-state index >= 15 is 0 Å². The van der Waals surface area contributed by atoms with Crippen molar-refractivity contribution in [3.8, 4) is 0 Å². The van der Waals surface area contributed by atoms with E-state index in [0.717, 1.165) is 36.0 Å². The van der Waals surface area contributed by atoms with Gasteiger partial charge in [-0.25, -0.2) is 5.06 Å². The molecule has 1 fully saturated rings. The molecular weight excluding hydrogens is 465 g/mol. The van der Waals surface area contributed by atoms with Crippen LogP contribution < -0.4 is 4.90 Å². The highest BCUT2D eigenvalue weighted by Crippen LogP contribution is 2.36. The molecule has 0 atom stereocenters. The molecule has 0 bridgehead atoms. The monoisotopic (exact) mass is 490 g/mol. The summed E-state index contributed by atoms with van der Waals surface area (Å²) in [5.41, 5.74) is 2.73. The number of anilines is 1. The molecule has 0 unspecified atom stereocenters. The first-order valence-corrected chi connectivity index (χ1v) is 11.6. The highest BCUT2D eigenvalue weighted by Gasteiger charge is 2.34. The zero-order valence-corrected chi connectivity index (χ0v) is 19.7. The number of rotatable bonds is 4. The lowest BCUT2D eigenvalue weighted by Crippen LogP contribution is -2.50. The predicted molar refractivity (Wildman–Crippen MR) is 128 cm³/mol. The highest BCUT2D eigenvalue weighted by atomic mass is 32.2. The van der Waals surface area contributed by atoms with Gasteiger partial charge in [0.2, 0.25) is 0 Å². The Balaban J connectivity index is 1.37. The molecule has 4 rings (SSSR count). The van der Waals surface area contributed by atoms with Crippen molar-refractivity contribution in [2.24, 2.45) is 4.99 Å². The van der Waals surface area contributed by atoms with Crippen molar-refractivity contribution in [2.45, 2.75) is 20.0 Å². The van der Waals surface area contributed by atoms with E-state index in [1.54, 1.807) is 0 Å². The average molecular weight is 491 g/mol. The van der Waals surface area contributed by atoms with Crippen LogP contribution >= 0.6 is 11.8 Å². The van der Waals surface area contributed by atoms with Crippen molar-refractivity contribution >= 4 is 34.6 Å². The van der Waals surface area contributed by atoms with E-state index in [2.05, 4.69) is 35.9 Å². The molecule has 0 radical (unpaired) electrons. The molecule has 2 aliphatic heterocycles. The summed E-state index contributed by atoms with van der Waals surface area (Å²) in [6.07, 6.45) is -3.37. The number of alkyl halides is 3. The standard InChI is InChI=1S/C24H25F3N4O2S/c1-16-6-5-7-17(2)21(16)30-12-10-29(11-13-30)15-31(33)23-28-22(32)20(34-23)14-18-8-3-4-9-19(18)24(25,26)27/h3-9,14,33H,10-13,15H2,1-2H3/b20-14-. The molecule has 1 N–H and O–H groups in total. The molecule has 0 spiro atoms. The van der Waals surface area contributed by atoms with Crippen LogP contribution in [0.25, 0.3) is 6.08 Å². The van der Waals surface area contributed by atoms with Crippen molar-refractivity contribution in [1.29, 1.82) is 0 Å². The minimum absolute atomic E-state index is 0.0330. The van der Waals surface area contributed by atoms with Crippen molar-refractivity contribution in [3.05, 3.63) is 69.6 Å². The number of benzene rings is 2. The van der Waals surface area contributed by atoms with Crippen LogP contribution in [0.1, 0.15) is 22.3 Å². The summed E-state index contributed by atoms with van der Waals surface area (Å²) in [5.74, 6) is -0.670. The summed E-state index contributed by atoms with van der Waals surface area (Å²) in [5, 5.41) is 11.5. The average Bonchev–Trinajstić information content (AvgIpc) is 3.15. The van der Waals surface area contributed by atoms with Crippen LogP contribution in [0.3, 0.4) is 0 Å². The van der Waals surface area contributed by atoms with Gasteiger partial charge in [-0.2, -0.15) is 18.2 Å². The largest absolute Gasteiger partial charge is 0.416 e. The third kappa shape index (κ3) is 5.29. The number of amidine groups is 1. The van der Waals surface area contributed by atoms with E-state index in [1.807, 2.05) is 11.0 Å². The fourth-order valence-electron chi connectivity index (χ4n) is 4.20. The first kappa shape index (κ1) is 24.3. The number of hydrogen-bond donors (Lipinski definition) is 1. The van der Waals surface area contributed by atoms with Gasteiger partial charge in [0.25, 0.3) is 5.91 Å². The molecular formula is C24H25F3N4O2S. The number of piperazine rings is 1. The molecule has 0 saturated carbocycles. The van der Waals surface area contributed by atoms with E-state index < -0.39 is 17.6 Å². The van der Waals surface area contributed by atoms with Crippen molar-refractivity contribution in [3.63, 3.8) is 0 Å². The lowest BCUT2D eigenvalue weighted by molar-refractivity contribution is -0.137.